The molecule has 5 heteroatoms. The van der Waals surface area contributed by atoms with E-state index in [1.165, 1.54) is 6.39 Å². The molecule has 1 aromatic rings. The second kappa shape index (κ2) is 10.7. The summed E-state index contributed by atoms with van der Waals surface area (Å²) in [4.78, 5) is 15.7. The van der Waals surface area contributed by atoms with E-state index in [9.17, 15) is 4.79 Å². The van der Waals surface area contributed by atoms with E-state index in [4.69, 9.17) is 14.9 Å². The zero-order valence-electron chi connectivity index (χ0n) is 15.7. The minimum Gasteiger partial charge on any atom is -0.448 e. The third kappa shape index (κ3) is 7.10. The third-order valence-electron chi connectivity index (χ3n) is 4.01. The number of nitrogens with two attached hydrogens (primary N) is 1. The second-order valence-electron chi connectivity index (χ2n) is 6.59. The Balaban J connectivity index is 2.69. The maximum Gasteiger partial charge on any atom is 0.226 e. The first-order valence-electron chi connectivity index (χ1n) is 8.68. The average molecular weight is 346 g/mol. The van der Waals surface area contributed by atoms with Crippen LogP contribution in [0.25, 0.3) is 0 Å². The molecule has 0 fully saturated rings. The van der Waals surface area contributed by atoms with Gasteiger partial charge in [-0.15, -0.1) is 0 Å². The number of primary amides is 1. The van der Waals surface area contributed by atoms with E-state index in [0.717, 1.165) is 24.2 Å². The van der Waals surface area contributed by atoms with Crippen LogP contribution in [0.2, 0.25) is 0 Å². The van der Waals surface area contributed by atoms with Crippen molar-refractivity contribution in [1.82, 2.24) is 4.98 Å². The molecule has 0 aromatic carbocycles. The van der Waals surface area contributed by atoms with Crippen molar-refractivity contribution in [2.24, 2.45) is 11.1 Å². The number of oxazole rings is 1. The molecule has 1 atom stereocenters. The molecule has 0 aliphatic rings. The molecule has 0 spiro atoms. The number of allylic oxidation sites excluding steroid dienone is 5. The molecule has 0 saturated carbocycles. The van der Waals surface area contributed by atoms with Crippen molar-refractivity contribution >= 4 is 5.91 Å². The Bertz CT molecular complexity index is 598. The summed E-state index contributed by atoms with van der Waals surface area (Å²) in [5, 5.41) is 0. The zero-order valence-corrected chi connectivity index (χ0v) is 15.7. The lowest BCUT2D eigenvalue weighted by atomic mass is 9.81. The minimum atomic E-state index is -0.760. The van der Waals surface area contributed by atoms with Crippen LogP contribution in [0.3, 0.4) is 0 Å². The van der Waals surface area contributed by atoms with Crippen LogP contribution in [0.1, 0.15) is 46.3 Å². The molecule has 0 aliphatic heterocycles. The van der Waals surface area contributed by atoms with E-state index in [1.54, 1.807) is 6.20 Å². The topological polar surface area (TPSA) is 78.3 Å². The van der Waals surface area contributed by atoms with Gasteiger partial charge in [0.25, 0.3) is 0 Å². The number of nitrogens with zero attached hydrogens (tertiary/aromatic N) is 1. The number of carbonyl (C=O) groups excluding carboxylic acids is 1. The Labute approximate surface area is 150 Å². The SMILES string of the molecule is CCCCOC(\C(C)=C/C=C\C=C\Cc1cnco1)C(C)(C)C(N)=O. The number of hydrogen-bond donors (Lipinski definition) is 1. The molecule has 25 heavy (non-hydrogen) atoms. The van der Waals surface area contributed by atoms with Gasteiger partial charge in [-0.05, 0) is 32.8 Å². The molecule has 1 heterocycles. The molecule has 1 aromatic heterocycles. The number of hydrogen-bond acceptors (Lipinski definition) is 4. The fourth-order valence-corrected chi connectivity index (χ4v) is 2.35. The number of ether oxygens (including phenoxy) is 1. The fraction of sp³-hybridized carbons (Fsp3) is 0.500. The Morgan fingerprint density at radius 2 is 2.16 bits per heavy atom. The van der Waals surface area contributed by atoms with Crippen LogP contribution >= 0.6 is 0 Å². The quantitative estimate of drug-likeness (QED) is 0.486. The van der Waals surface area contributed by atoms with Crippen molar-refractivity contribution in [1.29, 1.82) is 0 Å². The van der Waals surface area contributed by atoms with Gasteiger partial charge >= 0.3 is 0 Å². The highest BCUT2D eigenvalue weighted by Gasteiger charge is 2.36. The maximum absolute atomic E-state index is 11.8. The molecule has 0 aliphatic carbocycles. The monoisotopic (exact) mass is 346 g/mol. The first-order valence-corrected chi connectivity index (χ1v) is 8.68. The summed E-state index contributed by atoms with van der Waals surface area (Å²) < 4.78 is 11.1. The Kier molecular flexibility index (Phi) is 8.92. The summed E-state index contributed by atoms with van der Waals surface area (Å²) in [6.07, 6.45) is 15.2. The summed E-state index contributed by atoms with van der Waals surface area (Å²) in [7, 11) is 0. The van der Waals surface area contributed by atoms with Gasteiger partial charge in [0.2, 0.25) is 5.91 Å². The van der Waals surface area contributed by atoms with E-state index >= 15 is 0 Å². The van der Waals surface area contributed by atoms with Gasteiger partial charge in [0, 0.05) is 13.0 Å². The van der Waals surface area contributed by atoms with E-state index in [2.05, 4.69) is 11.9 Å². The van der Waals surface area contributed by atoms with Gasteiger partial charge in [-0.1, -0.05) is 43.7 Å². The van der Waals surface area contributed by atoms with Crippen LogP contribution in [0.15, 0.2) is 53.0 Å². The molecule has 0 saturated heterocycles. The maximum atomic E-state index is 11.8. The Morgan fingerprint density at radius 1 is 1.40 bits per heavy atom. The predicted molar refractivity (Wildman–Crippen MR) is 99.9 cm³/mol. The van der Waals surface area contributed by atoms with E-state index < -0.39 is 5.41 Å². The summed E-state index contributed by atoms with van der Waals surface area (Å²) in [5.41, 5.74) is 5.78. The summed E-state index contributed by atoms with van der Waals surface area (Å²) in [6.45, 7) is 8.33. The van der Waals surface area contributed by atoms with E-state index in [1.807, 2.05) is 51.2 Å². The highest BCUT2D eigenvalue weighted by atomic mass is 16.5. The zero-order chi connectivity index (χ0) is 18.7. The number of aromatic nitrogens is 1. The average Bonchev–Trinajstić information content (AvgIpc) is 3.07. The van der Waals surface area contributed by atoms with Gasteiger partial charge in [0.1, 0.15) is 5.76 Å². The minimum absolute atomic E-state index is 0.334. The van der Waals surface area contributed by atoms with Crippen LogP contribution in [-0.4, -0.2) is 23.6 Å². The van der Waals surface area contributed by atoms with Crippen molar-refractivity contribution in [2.45, 2.75) is 53.1 Å². The van der Waals surface area contributed by atoms with Crippen LogP contribution in [-0.2, 0) is 16.0 Å². The highest BCUT2D eigenvalue weighted by Crippen LogP contribution is 2.29. The predicted octanol–water partition coefficient (Wildman–Crippen LogP) is 3.97. The van der Waals surface area contributed by atoms with Crippen LogP contribution < -0.4 is 5.73 Å². The van der Waals surface area contributed by atoms with Gasteiger partial charge in [0.05, 0.1) is 17.7 Å². The highest BCUT2D eigenvalue weighted by molar-refractivity contribution is 5.81. The summed E-state index contributed by atoms with van der Waals surface area (Å²) in [6, 6.07) is 0. The largest absolute Gasteiger partial charge is 0.448 e. The Morgan fingerprint density at radius 3 is 2.76 bits per heavy atom. The first-order chi connectivity index (χ1) is 11.9. The number of carbonyl (C=O) groups is 1. The van der Waals surface area contributed by atoms with E-state index in [-0.39, 0.29) is 12.0 Å². The van der Waals surface area contributed by atoms with Gasteiger partial charge in [-0.3, -0.25) is 4.79 Å². The van der Waals surface area contributed by atoms with Crippen molar-refractivity contribution in [3.8, 4) is 0 Å². The normalized spacial score (nSPS) is 14.5. The molecular weight excluding hydrogens is 316 g/mol. The van der Waals surface area contributed by atoms with Crippen molar-refractivity contribution in [3.63, 3.8) is 0 Å². The van der Waals surface area contributed by atoms with Gasteiger partial charge in [-0.25, -0.2) is 4.98 Å². The molecule has 0 bridgehead atoms. The molecule has 0 radical (unpaired) electrons. The molecule has 1 amide bonds. The number of rotatable bonds is 11. The standard InChI is InChI=1S/C20H30N2O3/c1-5-6-13-24-18(20(3,4)19(21)23)16(2)11-9-7-8-10-12-17-14-22-15-25-17/h7-11,14-15,18H,5-6,12-13H2,1-4H3,(H2,21,23)/b9-7-,10-8+,16-11-. The van der Waals surface area contributed by atoms with Gasteiger partial charge in [-0.2, -0.15) is 0 Å². The second-order valence-corrected chi connectivity index (χ2v) is 6.59. The molecule has 5 nitrogen and oxygen atoms in total. The number of unbranched alkanes of at least 4 members (excludes halogenated alkanes) is 1. The molecule has 1 rings (SSSR count). The molecule has 2 N–H and O–H groups in total. The molecular formula is C20H30N2O3. The lowest BCUT2D eigenvalue weighted by Gasteiger charge is -2.32. The Hall–Kier alpha value is -2.14. The number of amides is 1. The van der Waals surface area contributed by atoms with Crippen molar-refractivity contribution in [2.75, 3.05) is 6.61 Å². The smallest absolute Gasteiger partial charge is 0.226 e. The van der Waals surface area contributed by atoms with E-state index in [0.29, 0.717) is 13.0 Å². The van der Waals surface area contributed by atoms with Gasteiger partial charge < -0.3 is 14.9 Å². The van der Waals surface area contributed by atoms with Crippen molar-refractivity contribution in [3.05, 3.63) is 54.3 Å². The lowest BCUT2D eigenvalue weighted by Crippen LogP contribution is -2.44. The van der Waals surface area contributed by atoms with Gasteiger partial charge in [0.15, 0.2) is 6.39 Å². The third-order valence-corrected chi connectivity index (χ3v) is 4.01. The van der Waals surface area contributed by atoms with Crippen LogP contribution in [0.4, 0.5) is 0 Å². The molecule has 1 unspecified atom stereocenters. The summed E-state index contributed by atoms with van der Waals surface area (Å²) in [5.74, 6) is 0.460. The fourth-order valence-electron chi connectivity index (χ4n) is 2.35. The van der Waals surface area contributed by atoms with Crippen LogP contribution in [0, 0.1) is 5.41 Å². The lowest BCUT2D eigenvalue weighted by molar-refractivity contribution is -0.133. The molecule has 138 valence electrons. The van der Waals surface area contributed by atoms with Crippen LogP contribution in [0.5, 0.6) is 0 Å². The first kappa shape index (κ1) is 20.9. The van der Waals surface area contributed by atoms with Crippen molar-refractivity contribution < 1.29 is 13.9 Å². The summed E-state index contributed by atoms with van der Waals surface area (Å²) >= 11 is 0.